The molecule has 0 atom stereocenters. The van der Waals surface area contributed by atoms with Gasteiger partial charge in [0.2, 0.25) is 6.33 Å². The van der Waals surface area contributed by atoms with Crippen molar-refractivity contribution in [3.05, 3.63) is 22.1 Å². The van der Waals surface area contributed by atoms with Gasteiger partial charge in [0.1, 0.15) is 12.6 Å². The number of nitro groups is 1. The van der Waals surface area contributed by atoms with E-state index in [9.17, 15) is 10.1 Å². The maximum Gasteiger partial charge on any atom is 0.390 e. The number of likely N-dealkylation sites (tertiary alicyclic amines) is 1. The molecule has 1 aliphatic rings. The summed E-state index contributed by atoms with van der Waals surface area (Å²) in [4.78, 5) is 16.7. The van der Waals surface area contributed by atoms with Crippen molar-refractivity contribution in [3.8, 4) is 0 Å². The molecule has 1 aliphatic heterocycles. The molecular formula is C11H20N5O2+. The Morgan fingerprint density at radius 3 is 2.61 bits per heavy atom. The van der Waals surface area contributed by atoms with Crippen LogP contribution < -0.4 is 0 Å². The lowest BCUT2D eigenvalue weighted by Crippen LogP contribution is -2.64. The van der Waals surface area contributed by atoms with Crippen LogP contribution in [-0.4, -0.2) is 64.1 Å². The smallest absolute Gasteiger partial charge is 0.358 e. The molecule has 0 saturated carbocycles. The summed E-state index contributed by atoms with van der Waals surface area (Å²) in [6.07, 6.45) is 1.51. The van der Waals surface area contributed by atoms with Crippen molar-refractivity contribution >= 4 is 5.82 Å². The molecule has 1 aromatic heterocycles. The van der Waals surface area contributed by atoms with Crippen molar-refractivity contribution in [2.75, 3.05) is 34.2 Å². The third-order valence-electron chi connectivity index (χ3n) is 3.80. The van der Waals surface area contributed by atoms with Gasteiger partial charge in [-0.3, -0.25) is 4.90 Å². The van der Waals surface area contributed by atoms with Gasteiger partial charge in [0.05, 0.1) is 27.2 Å². The Bertz CT molecular complexity index is 462. The molecule has 1 fully saturated rings. The summed E-state index contributed by atoms with van der Waals surface area (Å²) in [5.74, 6) is -0.0172. The molecule has 0 radical (unpaired) electrons. The van der Waals surface area contributed by atoms with Gasteiger partial charge >= 0.3 is 5.82 Å². The van der Waals surface area contributed by atoms with Gasteiger partial charge < -0.3 is 19.2 Å². The molecule has 0 unspecified atom stereocenters. The number of quaternary nitrogens is 1. The number of hydrogen-bond acceptors (Lipinski definition) is 4. The van der Waals surface area contributed by atoms with Crippen LogP contribution in [0.2, 0.25) is 0 Å². The predicted octanol–water partition coefficient (Wildman–Crippen LogP) is 0.219. The summed E-state index contributed by atoms with van der Waals surface area (Å²) < 4.78 is 2.51. The Kier molecular flexibility index (Phi) is 3.12. The quantitative estimate of drug-likeness (QED) is 0.438. The lowest BCUT2D eigenvalue weighted by atomic mass is 10.1. The Balaban J connectivity index is 2.18. The highest BCUT2D eigenvalue weighted by Gasteiger charge is 2.39. The van der Waals surface area contributed by atoms with Gasteiger partial charge in [-0.05, 0) is 17.0 Å². The van der Waals surface area contributed by atoms with Crippen LogP contribution in [0.5, 0.6) is 0 Å². The van der Waals surface area contributed by atoms with Crippen LogP contribution in [0.25, 0.3) is 0 Å². The zero-order valence-corrected chi connectivity index (χ0v) is 11.3. The van der Waals surface area contributed by atoms with E-state index in [1.54, 1.807) is 4.57 Å². The van der Waals surface area contributed by atoms with Crippen molar-refractivity contribution in [2.24, 2.45) is 7.05 Å². The van der Waals surface area contributed by atoms with Crippen LogP contribution in [0.1, 0.15) is 5.69 Å². The molecule has 7 nitrogen and oxygen atoms in total. The van der Waals surface area contributed by atoms with Crippen LogP contribution in [0.3, 0.4) is 0 Å². The number of imidazole rings is 1. The Labute approximate surface area is 106 Å². The van der Waals surface area contributed by atoms with E-state index in [1.165, 1.54) is 6.33 Å². The highest BCUT2D eigenvalue weighted by Crippen LogP contribution is 2.24. The second kappa shape index (κ2) is 4.33. The number of aromatic nitrogens is 2. The van der Waals surface area contributed by atoms with Gasteiger partial charge in [-0.15, -0.1) is 0 Å². The summed E-state index contributed by atoms with van der Waals surface area (Å²) in [5.41, 5.74) is 0.694. The van der Waals surface area contributed by atoms with E-state index < -0.39 is 4.92 Å². The number of likely N-dealkylation sites (N-methyl/N-ethyl adjacent to an activating group) is 2. The lowest BCUT2D eigenvalue weighted by Gasteiger charge is -2.47. The fourth-order valence-electron chi connectivity index (χ4n) is 2.40. The Hall–Kier alpha value is -1.47. The molecule has 7 heteroatoms. The summed E-state index contributed by atoms with van der Waals surface area (Å²) in [6.45, 7) is 2.71. The molecule has 0 aromatic carbocycles. The molecule has 100 valence electrons. The lowest BCUT2D eigenvalue weighted by molar-refractivity contribution is -0.933. The molecule has 1 saturated heterocycles. The van der Waals surface area contributed by atoms with E-state index in [4.69, 9.17) is 0 Å². The number of hydrogen-bond donors (Lipinski definition) is 0. The van der Waals surface area contributed by atoms with Crippen LogP contribution in [0, 0.1) is 10.1 Å². The van der Waals surface area contributed by atoms with E-state index in [1.807, 2.05) is 7.05 Å². The summed E-state index contributed by atoms with van der Waals surface area (Å²) >= 11 is 0. The van der Waals surface area contributed by atoms with E-state index in [2.05, 4.69) is 31.0 Å². The maximum absolute atomic E-state index is 10.9. The molecule has 0 aliphatic carbocycles. The third-order valence-corrected chi connectivity index (χ3v) is 3.80. The zero-order chi connectivity index (χ0) is 13.5. The van der Waals surface area contributed by atoms with Gasteiger partial charge in [0.25, 0.3) is 0 Å². The standard InChI is InChI=1S/C11H20N5O2/c1-13-5-9(6-13)16(3,4)7-10-11(15(17)18)12-8-14(10)2/h8-9H,5-7H2,1-4H3/q+1. The van der Waals surface area contributed by atoms with Crippen LogP contribution in [0.15, 0.2) is 6.33 Å². The first kappa shape index (κ1) is 13.0. The van der Waals surface area contributed by atoms with Crippen LogP contribution in [0.4, 0.5) is 5.82 Å². The normalized spacial score (nSPS) is 17.8. The summed E-state index contributed by atoms with van der Waals surface area (Å²) in [6, 6.07) is 0.532. The Morgan fingerprint density at radius 2 is 2.11 bits per heavy atom. The van der Waals surface area contributed by atoms with Crippen molar-refractivity contribution in [3.63, 3.8) is 0 Å². The SMILES string of the molecule is CN1CC([N+](C)(C)Cc2c([N+](=O)[O-])ncn2C)C1. The number of aryl methyl sites for hydroxylation is 1. The molecular weight excluding hydrogens is 234 g/mol. The van der Waals surface area contributed by atoms with Gasteiger partial charge in [-0.25, -0.2) is 0 Å². The monoisotopic (exact) mass is 254 g/mol. The molecule has 0 bridgehead atoms. The Morgan fingerprint density at radius 1 is 1.50 bits per heavy atom. The minimum absolute atomic E-state index is 0.0172. The van der Waals surface area contributed by atoms with E-state index in [0.29, 0.717) is 18.3 Å². The fraction of sp³-hybridized carbons (Fsp3) is 0.727. The highest BCUT2D eigenvalue weighted by atomic mass is 16.6. The van der Waals surface area contributed by atoms with Gasteiger partial charge in [0.15, 0.2) is 5.69 Å². The molecule has 0 amide bonds. The van der Waals surface area contributed by atoms with E-state index in [0.717, 1.165) is 17.6 Å². The molecule has 18 heavy (non-hydrogen) atoms. The first-order chi connectivity index (χ1) is 8.31. The molecule has 0 spiro atoms. The second-order valence-corrected chi connectivity index (χ2v) is 5.69. The predicted molar refractivity (Wildman–Crippen MR) is 67.0 cm³/mol. The van der Waals surface area contributed by atoms with Gasteiger partial charge in [0, 0.05) is 7.05 Å². The van der Waals surface area contributed by atoms with Crippen LogP contribution in [-0.2, 0) is 13.6 Å². The van der Waals surface area contributed by atoms with Gasteiger partial charge in [-0.1, -0.05) is 0 Å². The topological polar surface area (TPSA) is 64.2 Å². The highest BCUT2D eigenvalue weighted by molar-refractivity contribution is 5.26. The largest absolute Gasteiger partial charge is 0.390 e. The van der Waals surface area contributed by atoms with Crippen LogP contribution >= 0.6 is 0 Å². The molecule has 1 aromatic rings. The maximum atomic E-state index is 10.9. The van der Waals surface area contributed by atoms with Crippen molar-refractivity contribution < 1.29 is 9.41 Å². The first-order valence-electron chi connectivity index (χ1n) is 5.97. The zero-order valence-electron chi connectivity index (χ0n) is 11.3. The van der Waals surface area contributed by atoms with E-state index in [-0.39, 0.29) is 5.82 Å². The fourth-order valence-corrected chi connectivity index (χ4v) is 2.40. The minimum Gasteiger partial charge on any atom is -0.358 e. The summed E-state index contributed by atoms with van der Waals surface area (Å²) in [5, 5.41) is 10.9. The molecule has 2 heterocycles. The molecule has 2 rings (SSSR count). The van der Waals surface area contributed by atoms with Crippen molar-refractivity contribution in [1.82, 2.24) is 14.5 Å². The number of rotatable bonds is 4. The van der Waals surface area contributed by atoms with Gasteiger partial charge in [-0.2, -0.15) is 0 Å². The molecule has 0 N–H and O–H groups in total. The average molecular weight is 254 g/mol. The third kappa shape index (κ3) is 2.23. The summed E-state index contributed by atoms with van der Waals surface area (Å²) in [7, 11) is 8.13. The average Bonchev–Trinajstić information content (AvgIpc) is 2.55. The minimum atomic E-state index is -0.401. The van der Waals surface area contributed by atoms with Crippen molar-refractivity contribution in [1.29, 1.82) is 0 Å². The first-order valence-corrected chi connectivity index (χ1v) is 5.97. The van der Waals surface area contributed by atoms with Crippen molar-refractivity contribution in [2.45, 2.75) is 12.6 Å². The second-order valence-electron chi connectivity index (χ2n) is 5.69. The number of nitrogens with zero attached hydrogens (tertiary/aromatic N) is 5. The van der Waals surface area contributed by atoms with E-state index >= 15 is 0 Å².